The highest BCUT2D eigenvalue weighted by Gasteiger charge is 2.41. The summed E-state index contributed by atoms with van der Waals surface area (Å²) in [5.41, 5.74) is 6.17. The molecule has 3 aliphatic rings. The van der Waals surface area contributed by atoms with Gasteiger partial charge in [0.05, 0.1) is 6.54 Å². The first-order valence-electron chi connectivity index (χ1n) is 8.28. The molecule has 2 saturated heterocycles. The summed E-state index contributed by atoms with van der Waals surface area (Å²) in [5, 5.41) is 0. The lowest BCUT2D eigenvalue weighted by Crippen LogP contribution is -2.47. The molecule has 0 bridgehead atoms. The van der Waals surface area contributed by atoms with Gasteiger partial charge in [0.15, 0.2) is 0 Å². The zero-order valence-corrected chi connectivity index (χ0v) is 14.1. The summed E-state index contributed by atoms with van der Waals surface area (Å²) in [6.45, 7) is 9.15. The Bertz CT molecular complexity index is 369. The summed E-state index contributed by atoms with van der Waals surface area (Å²) in [6, 6.07) is 0.370. The normalized spacial score (nSPS) is 40.0. The minimum atomic E-state index is 0. The standard InChI is InChI=1S/C16H29N3O.ClH/c1-11-5-12(2)7-19(6-11)16(20)10-18-8-13-3-4-15(17)14(13)9-18;/h11-15H,3-10,17H2,1-2H3;1H. The molecule has 5 heteroatoms. The van der Waals surface area contributed by atoms with Gasteiger partial charge < -0.3 is 10.6 Å². The van der Waals surface area contributed by atoms with Crippen molar-refractivity contribution in [2.24, 2.45) is 29.4 Å². The molecular weight excluding hydrogens is 286 g/mol. The molecule has 0 aromatic rings. The van der Waals surface area contributed by atoms with Crippen molar-refractivity contribution in [3.63, 3.8) is 0 Å². The van der Waals surface area contributed by atoms with Gasteiger partial charge in [-0.05, 0) is 42.9 Å². The van der Waals surface area contributed by atoms with E-state index in [1.165, 1.54) is 19.3 Å². The molecule has 3 fully saturated rings. The Kier molecular flexibility index (Phi) is 5.55. The number of carbonyl (C=O) groups excluding carboxylic acids is 1. The second-order valence-corrected chi connectivity index (χ2v) is 7.60. The number of nitrogens with zero attached hydrogens (tertiary/aromatic N) is 2. The van der Waals surface area contributed by atoms with Gasteiger partial charge >= 0.3 is 0 Å². The first-order chi connectivity index (χ1) is 9.52. The molecule has 1 saturated carbocycles. The molecule has 5 atom stereocenters. The molecule has 4 nitrogen and oxygen atoms in total. The van der Waals surface area contributed by atoms with Crippen molar-refractivity contribution in [2.45, 2.75) is 39.2 Å². The number of rotatable bonds is 2. The first-order valence-corrected chi connectivity index (χ1v) is 8.28. The van der Waals surface area contributed by atoms with E-state index in [9.17, 15) is 4.79 Å². The topological polar surface area (TPSA) is 49.6 Å². The van der Waals surface area contributed by atoms with Gasteiger partial charge in [0.2, 0.25) is 5.91 Å². The van der Waals surface area contributed by atoms with Crippen LogP contribution in [0.2, 0.25) is 0 Å². The maximum Gasteiger partial charge on any atom is 0.236 e. The molecule has 3 rings (SSSR count). The predicted molar refractivity (Wildman–Crippen MR) is 87.4 cm³/mol. The molecule has 5 unspecified atom stereocenters. The number of likely N-dealkylation sites (tertiary alicyclic amines) is 2. The quantitative estimate of drug-likeness (QED) is 0.842. The fourth-order valence-electron chi connectivity index (χ4n) is 4.69. The van der Waals surface area contributed by atoms with Crippen LogP contribution in [-0.4, -0.2) is 54.5 Å². The number of piperidine rings is 1. The maximum atomic E-state index is 12.5. The molecule has 0 spiro atoms. The lowest BCUT2D eigenvalue weighted by molar-refractivity contribution is -0.134. The number of halogens is 1. The number of carbonyl (C=O) groups is 1. The van der Waals surface area contributed by atoms with Crippen molar-refractivity contribution in [3.8, 4) is 0 Å². The van der Waals surface area contributed by atoms with Gasteiger partial charge in [-0.3, -0.25) is 9.69 Å². The van der Waals surface area contributed by atoms with E-state index < -0.39 is 0 Å². The Morgan fingerprint density at radius 1 is 1.10 bits per heavy atom. The van der Waals surface area contributed by atoms with E-state index in [0.29, 0.717) is 36.2 Å². The zero-order chi connectivity index (χ0) is 14.3. The van der Waals surface area contributed by atoms with Crippen LogP contribution in [0.4, 0.5) is 0 Å². The molecule has 2 heterocycles. The van der Waals surface area contributed by atoms with Crippen molar-refractivity contribution >= 4 is 18.3 Å². The van der Waals surface area contributed by atoms with Gasteiger partial charge in [-0.2, -0.15) is 0 Å². The van der Waals surface area contributed by atoms with E-state index in [2.05, 4.69) is 23.6 Å². The summed E-state index contributed by atoms with van der Waals surface area (Å²) in [4.78, 5) is 16.9. The fourth-order valence-corrected chi connectivity index (χ4v) is 4.69. The molecule has 122 valence electrons. The van der Waals surface area contributed by atoms with Crippen LogP contribution < -0.4 is 5.73 Å². The highest BCUT2D eigenvalue weighted by Crippen LogP contribution is 2.37. The molecule has 0 aromatic carbocycles. The van der Waals surface area contributed by atoms with Crippen LogP contribution in [0.3, 0.4) is 0 Å². The lowest BCUT2D eigenvalue weighted by atomic mass is 9.92. The largest absolute Gasteiger partial charge is 0.341 e. The molecule has 0 aromatic heterocycles. The third-order valence-corrected chi connectivity index (χ3v) is 5.57. The summed E-state index contributed by atoms with van der Waals surface area (Å²) in [6.07, 6.45) is 3.69. The maximum absolute atomic E-state index is 12.5. The average molecular weight is 316 g/mol. The van der Waals surface area contributed by atoms with Crippen molar-refractivity contribution in [1.82, 2.24) is 9.80 Å². The molecule has 0 radical (unpaired) electrons. The van der Waals surface area contributed by atoms with Crippen LogP contribution in [-0.2, 0) is 4.79 Å². The minimum absolute atomic E-state index is 0. The van der Waals surface area contributed by atoms with Crippen LogP contribution in [0.5, 0.6) is 0 Å². The first kappa shape index (κ1) is 17.0. The molecule has 2 aliphatic heterocycles. The SMILES string of the molecule is CC1CC(C)CN(C(=O)CN2CC3CCC(N)C3C2)C1.Cl. The van der Waals surface area contributed by atoms with Gasteiger partial charge in [-0.1, -0.05) is 13.8 Å². The Morgan fingerprint density at radius 3 is 2.38 bits per heavy atom. The summed E-state index contributed by atoms with van der Waals surface area (Å²) in [7, 11) is 0. The molecule has 2 N–H and O–H groups in total. The molecular formula is C16H30ClN3O. The lowest BCUT2D eigenvalue weighted by Gasteiger charge is -2.36. The number of fused-ring (bicyclic) bond motifs is 1. The Hall–Kier alpha value is -0.320. The van der Waals surface area contributed by atoms with Crippen LogP contribution in [0.1, 0.15) is 33.1 Å². The third kappa shape index (κ3) is 3.72. The van der Waals surface area contributed by atoms with E-state index in [0.717, 1.165) is 32.1 Å². The van der Waals surface area contributed by atoms with Crippen molar-refractivity contribution in [2.75, 3.05) is 32.7 Å². The number of hydrogen-bond donors (Lipinski definition) is 1. The molecule has 1 aliphatic carbocycles. The monoisotopic (exact) mass is 315 g/mol. The Labute approximate surface area is 134 Å². The Morgan fingerprint density at radius 2 is 1.76 bits per heavy atom. The van der Waals surface area contributed by atoms with Crippen LogP contribution >= 0.6 is 12.4 Å². The van der Waals surface area contributed by atoms with Crippen molar-refractivity contribution in [3.05, 3.63) is 0 Å². The second kappa shape index (κ2) is 6.84. The van der Waals surface area contributed by atoms with Gasteiger partial charge in [0, 0.05) is 32.2 Å². The van der Waals surface area contributed by atoms with Crippen molar-refractivity contribution < 1.29 is 4.79 Å². The minimum Gasteiger partial charge on any atom is -0.341 e. The van der Waals surface area contributed by atoms with Gasteiger partial charge in [0.1, 0.15) is 0 Å². The van der Waals surface area contributed by atoms with Gasteiger partial charge in [-0.15, -0.1) is 12.4 Å². The summed E-state index contributed by atoms with van der Waals surface area (Å²) < 4.78 is 0. The Balaban J connectivity index is 0.00000161. The second-order valence-electron chi connectivity index (χ2n) is 7.60. The third-order valence-electron chi connectivity index (χ3n) is 5.57. The zero-order valence-electron chi connectivity index (χ0n) is 13.3. The van der Waals surface area contributed by atoms with Crippen LogP contribution in [0.25, 0.3) is 0 Å². The highest BCUT2D eigenvalue weighted by atomic mass is 35.5. The van der Waals surface area contributed by atoms with E-state index in [4.69, 9.17) is 5.73 Å². The fraction of sp³-hybridized carbons (Fsp3) is 0.938. The predicted octanol–water partition coefficient (Wildman–Crippen LogP) is 1.58. The van der Waals surface area contributed by atoms with Crippen LogP contribution in [0.15, 0.2) is 0 Å². The van der Waals surface area contributed by atoms with Gasteiger partial charge in [0.25, 0.3) is 0 Å². The number of nitrogens with two attached hydrogens (primary N) is 1. The van der Waals surface area contributed by atoms with Crippen LogP contribution in [0, 0.1) is 23.7 Å². The smallest absolute Gasteiger partial charge is 0.236 e. The van der Waals surface area contributed by atoms with E-state index >= 15 is 0 Å². The van der Waals surface area contributed by atoms with E-state index in [1.807, 2.05) is 0 Å². The number of amides is 1. The average Bonchev–Trinajstić information content (AvgIpc) is 2.91. The highest BCUT2D eigenvalue weighted by molar-refractivity contribution is 5.85. The number of hydrogen-bond acceptors (Lipinski definition) is 3. The van der Waals surface area contributed by atoms with E-state index in [-0.39, 0.29) is 12.4 Å². The van der Waals surface area contributed by atoms with Crippen molar-refractivity contribution in [1.29, 1.82) is 0 Å². The summed E-state index contributed by atoms with van der Waals surface area (Å²) in [5.74, 6) is 3.01. The summed E-state index contributed by atoms with van der Waals surface area (Å²) >= 11 is 0. The molecule has 1 amide bonds. The molecule has 21 heavy (non-hydrogen) atoms. The van der Waals surface area contributed by atoms with Gasteiger partial charge in [-0.25, -0.2) is 0 Å². The van der Waals surface area contributed by atoms with E-state index in [1.54, 1.807) is 0 Å².